The van der Waals surface area contributed by atoms with E-state index >= 15 is 0 Å². The summed E-state index contributed by atoms with van der Waals surface area (Å²) in [5.74, 6) is 0.0996. The van der Waals surface area contributed by atoms with E-state index in [-0.39, 0.29) is 10.5 Å². The Morgan fingerprint density at radius 1 is 0.857 bits per heavy atom. The van der Waals surface area contributed by atoms with Crippen molar-refractivity contribution in [3.63, 3.8) is 0 Å². The average molecular weight is 580 g/mol. The van der Waals surface area contributed by atoms with Gasteiger partial charge in [0.1, 0.15) is 5.82 Å². The first-order valence-electron chi connectivity index (χ1n) is 14.0. The molecule has 8 nitrogen and oxygen atoms in total. The molecule has 0 aliphatic rings. The van der Waals surface area contributed by atoms with Gasteiger partial charge in [-0.25, -0.2) is 18.1 Å². The Hall–Kier alpha value is -4.47. The second-order valence-electron chi connectivity index (χ2n) is 10.8. The van der Waals surface area contributed by atoms with Gasteiger partial charge in [-0.1, -0.05) is 35.9 Å². The molecule has 6 aromatic rings. The van der Waals surface area contributed by atoms with E-state index in [4.69, 9.17) is 4.98 Å². The maximum absolute atomic E-state index is 13.1. The van der Waals surface area contributed by atoms with Crippen LogP contribution >= 0.6 is 0 Å². The van der Waals surface area contributed by atoms with Gasteiger partial charge in [-0.15, -0.1) is 0 Å². The molecule has 2 heterocycles. The molecule has 4 aromatic carbocycles. The third-order valence-electron chi connectivity index (χ3n) is 7.69. The van der Waals surface area contributed by atoms with Crippen LogP contribution in [0.3, 0.4) is 0 Å². The van der Waals surface area contributed by atoms with Gasteiger partial charge in [0.15, 0.2) is 0 Å². The van der Waals surface area contributed by atoms with Crippen LogP contribution in [-0.4, -0.2) is 54.0 Å². The lowest BCUT2D eigenvalue weighted by Crippen LogP contribution is -2.30. The number of fused-ring (bicyclic) bond motifs is 4. The largest absolute Gasteiger partial charge is 0.341 e. The quantitative estimate of drug-likeness (QED) is 0.246. The summed E-state index contributed by atoms with van der Waals surface area (Å²) >= 11 is 0. The van der Waals surface area contributed by atoms with Gasteiger partial charge in [0.05, 0.1) is 15.9 Å². The molecule has 1 amide bonds. The number of hydrogen-bond acceptors (Lipinski definition) is 5. The van der Waals surface area contributed by atoms with Crippen molar-refractivity contribution in [2.45, 2.75) is 31.8 Å². The summed E-state index contributed by atoms with van der Waals surface area (Å²) < 4.78 is 32.4. The van der Waals surface area contributed by atoms with Crippen LogP contribution in [0.25, 0.3) is 44.2 Å². The molecule has 2 aromatic heterocycles. The molecule has 0 radical (unpaired) electrons. The standard InChI is InChI=1S/C33H33N5O3S/c1-5-37-29-9-7-6-8-26(29)27-20-23(12-16-30(27)37)32-34-28-21-24(13-17-31(28)38(32)19-18-36(3)4)33(39)35-42(40,41)25-14-10-22(2)11-15-25/h6-17,20-21H,5,18-19H2,1-4H3,(H,35,39). The van der Waals surface area contributed by atoms with Gasteiger partial charge in [-0.2, -0.15) is 0 Å². The lowest BCUT2D eigenvalue weighted by Gasteiger charge is -2.14. The predicted molar refractivity (Wildman–Crippen MR) is 168 cm³/mol. The highest BCUT2D eigenvalue weighted by Gasteiger charge is 2.21. The van der Waals surface area contributed by atoms with Crippen LogP contribution in [0.4, 0.5) is 0 Å². The Morgan fingerprint density at radius 3 is 2.31 bits per heavy atom. The number of nitrogens with zero attached hydrogens (tertiary/aromatic N) is 4. The van der Waals surface area contributed by atoms with Crippen LogP contribution in [0.5, 0.6) is 0 Å². The molecular weight excluding hydrogens is 546 g/mol. The fraction of sp³-hybridized carbons (Fsp3) is 0.212. The second-order valence-corrected chi connectivity index (χ2v) is 12.5. The third kappa shape index (κ3) is 4.95. The van der Waals surface area contributed by atoms with Crippen molar-refractivity contribution in [2.75, 3.05) is 20.6 Å². The molecule has 0 saturated heterocycles. The highest BCUT2D eigenvalue weighted by Crippen LogP contribution is 2.34. The number of carbonyl (C=O) groups excluding carboxylic acids is 1. The number of amides is 1. The molecule has 0 aliphatic carbocycles. The molecule has 6 rings (SSSR count). The molecule has 0 fully saturated rings. The van der Waals surface area contributed by atoms with E-state index in [1.807, 2.05) is 27.1 Å². The summed E-state index contributed by atoms with van der Waals surface area (Å²) in [7, 11) is 0.0448. The molecule has 0 aliphatic heterocycles. The zero-order valence-electron chi connectivity index (χ0n) is 24.1. The predicted octanol–water partition coefficient (Wildman–Crippen LogP) is 5.82. The fourth-order valence-electron chi connectivity index (χ4n) is 5.51. The topological polar surface area (TPSA) is 89.2 Å². The minimum absolute atomic E-state index is 0.0394. The first-order valence-corrected chi connectivity index (χ1v) is 15.4. The van der Waals surface area contributed by atoms with E-state index in [0.29, 0.717) is 12.1 Å². The number of carbonyl (C=O) groups is 1. The first kappa shape index (κ1) is 27.7. The Balaban J connectivity index is 1.42. The van der Waals surface area contributed by atoms with Gasteiger partial charge in [-0.05, 0) is 82.5 Å². The van der Waals surface area contributed by atoms with Crippen LogP contribution < -0.4 is 4.72 Å². The molecule has 1 N–H and O–H groups in total. The van der Waals surface area contributed by atoms with Crippen molar-refractivity contribution in [2.24, 2.45) is 0 Å². The van der Waals surface area contributed by atoms with E-state index in [2.05, 4.69) is 68.1 Å². The highest BCUT2D eigenvalue weighted by atomic mass is 32.2. The van der Waals surface area contributed by atoms with E-state index in [1.165, 1.54) is 28.6 Å². The number of aromatic nitrogens is 3. The number of imidazole rings is 1. The number of nitrogens with one attached hydrogen (secondary N) is 1. The number of rotatable bonds is 8. The van der Waals surface area contributed by atoms with Crippen molar-refractivity contribution < 1.29 is 13.2 Å². The van der Waals surface area contributed by atoms with Crippen molar-refractivity contribution in [3.05, 3.63) is 96.1 Å². The van der Waals surface area contributed by atoms with E-state index < -0.39 is 15.9 Å². The van der Waals surface area contributed by atoms with E-state index in [9.17, 15) is 13.2 Å². The SMILES string of the molecule is CCn1c2ccccc2c2cc(-c3nc4cc(C(=O)NS(=O)(=O)c5ccc(C)cc5)ccc4n3CCN(C)C)ccc21. The lowest BCUT2D eigenvalue weighted by atomic mass is 10.1. The Bertz CT molecular complexity index is 2070. The molecular formula is C33H33N5O3S. The van der Waals surface area contributed by atoms with E-state index in [1.54, 1.807) is 24.3 Å². The summed E-state index contributed by atoms with van der Waals surface area (Å²) in [6.07, 6.45) is 0. The molecule has 9 heteroatoms. The Labute approximate surface area is 245 Å². The maximum atomic E-state index is 13.1. The van der Waals surface area contributed by atoms with Crippen molar-refractivity contribution in [1.29, 1.82) is 0 Å². The van der Waals surface area contributed by atoms with Crippen LogP contribution in [0.15, 0.2) is 89.8 Å². The lowest BCUT2D eigenvalue weighted by molar-refractivity contribution is 0.0981. The number of aryl methyl sites for hydroxylation is 2. The number of benzene rings is 4. The van der Waals surface area contributed by atoms with Crippen molar-refractivity contribution >= 4 is 48.8 Å². The fourth-order valence-corrected chi connectivity index (χ4v) is 6.48. The molecule has 0 bridgehead atoms. The Kier molecular flexibility index (Phi) is 7.08. The second kappa shape index (κ2) is 10.7. The van der Waals surface area contributed by atoms with Crippen LogP contribution in [0.2, 0.25) is 0 Å². The monoisotopic (exact) mass is 579 g/mol. The minimum atomic E-state index is -4.01. The van der Waals surface area contributed by atoms with Crippen molar-refractivity contribution in [3.8, 4) is 11.4 Å². The number of sulfonamides is 1. The highest BCUT2D eigenvalue weighted by molar-refractivity contribution is 7.90. The van der Waals surface area contributed by atoms with Gasteiger partial charge in [-0.3, -0.25) is 4.79 Å². The number of hydrogen-bond donors (Lipinski definition) is 1. The minimum Gasteiger partial charge on any atom is -0.341 e. The van der Waals surface area contributed by atoms with Crippen LogP contribution in [-0.2, 0) is 23.1 Å². The average Bonchev–Trinajstić information content (AvgIpc) is 3.50. The normalized spacial score (nSPS) is 12.1. The first-order chi connectivity index (χ1) is 20.2. The number of likely N-dealkylation sites (N-methyl/N-ethyl adjacent to an activating group) is 1. The summed E-state index contributed by atoms with van der Waals surface area (Å²) in [6, 6.07) is 26.4. The molecule has 0 saturated carbocycles. The Morgan fingerprint density at radius 2 is 1.57 bits per heavy atom. The van der Waals surface area contributed by atoms with Gasteiger partial charge in [0.25, 0.3) is 15.9 Å². The summed E-state index contributed by atoms with van der Waals surface area (Å²) in [4.78, 5) is 20.2. The smallest absolute Gasteiger partial charge is 0.265 e. The molecule has 0 spiro atoms. The number of para-hydroxylation sites is 1. The summed E-state index contributed by atoms with van der Waals surface area (Å²) in [6.45, 7) is 6.39. The van der Waals surface area contributed by atoms with E-state index in [0.717, 1.165) is 40.9 Å². The molecule has 42 heavy (non-hydrogen) atoms. The molecule has 0 unspecified atom stereocenters. The zero-order valence-corrected chi connectivity index (χ0v) is 24.9. The third-order valence-corrected chi connectivity index (χ3v) is 9.03. The van der Waals surface area contributed by atoms with Gasteiger partial charge in [0, 0.05) is 52.6 Å². The van der Waals surface area contributed by atoms with Crippen LogP contribution in [0, 0.1) is 6.92 Å². The molecule has 0 atom stereocenters. The maximum Gasteiger partial charge on any atom is 0.265 e. The van der Waals surface area contributed by atoms with Gasteiger partial charge < -0.3 is 14.0 Å². The van der Waals surface area contributed by atoms with Crippen LogP contribution in [0.1, 0.15) is 22.8 Å². The van der Waals surface area contributed by atoms with Gasteiger partial charge in [0.2, 0.25) is 0 Å². The zero-order chi connectivity index (χ0) is 29.6. The van der Waals surface area contributed by atoms with Crippen molar-refractivity contribution in [1.82, 2.24) is 23.7 Å². The summed E-state index contributed by atoms with van der Waals surface area (Å²) in [5.41, 5.74) is 6.01. The summed E-state index contributed by atoms with van der Waals surface area (Å²) in [5, 5.41) is 2.36. The van der Waals surface area contributed by atoms with Gasteiger partial charge >= 0.3 is 0 Å². The molecule has 214 valence electrons.